The van der Waals surface area contributed by atoms with Crippen LogP contribution in [-0.2, 0) is 16.6 Å². The summed E-state index contributed by atoms with van der Waals surface area (Å²) in [6.45, 7) is 0.648. The van der Waals surface area contributed by atoms with Crippen LogP contribution in [0.3, 0.4) is 0 Å². The maximum atomic E-state index is 12.1. The minimum atomic E-state index is -3.31. The summed E-state index contributed by atoms with van der Waals surface area (Å²) in [5.74, 6) is 0.700. The molecule has 0 aliphatic heterocycles. The van der Waals surface area contributed by atoms with E-state index in [4.69, 9.17) is 0 Å². The molecule has 1 fully saturated rings. The van der Waals surface area contributed by atoms with Gasteiger partial charge in [0.05, 0.1) is 5.75 Å². The average Bonchev–Trinajstić information content (AvgIpc) is 2.61. The second-order valence-corrected chi connectivity index (χ2v) is 8.03. The molecular formula is C17H28N4O2S. The first-order valence-corrected chi connectivity index (χ1v) is 10.2. The molecule has 0 unspecified atom stereocenters. The monoisotopic (exact) mass is 352 g/mol. The van der Waals surface area contributed by atoms with Crippen LogP contribution in [0.1, 0.15) is 37.7 Å². The largest absolute Gasteiger partial charge is 0.355 e. The molecule has 0 atom stereocenters. The van der Waals surface area contributed by atoms with Crippen LogP contribution in [0.15, 0.2) is 35.3 Å². The van der Waals surface area contributed by atoms with Crippen LogP contribution in [0.25, 0.3) is 0 Å². The van der Waals surface area contributed by atoms with Crippen molar-refractivity contribution in [3.8, 4) is 0 Å². The molecule has 1 aromatic rings. The average molecular weight is 353 g/mol. The fourth-order valence-electron chi connectivity index (χ4n) is 2.80. The molecule has 1 aromatic carbocycles. The summed E-state index contributed by atoms with van der Waals surface area (Å²) in [6, 6.07) is 9.94. The van der Waals surface area contributed by atoms with Gasteiger partial charge in [0.25, 0.3) is 0 Å². The Balaban J connectivity index is 1.70. The summed E-state index contributed by atoms with van der Waals surface area (Å²) in [5.41, 5.74) is 0.948. The third-order valence-electron chi connectivity index (χ3n) is 4.17. The number of rotatable bonds is 7. The van der Waals surface area contributed by atoms with E-state index in [1.54, 1.807) is 7.05 Å². The van der Waals surface area contributed by atoms with Gasteiger partial charge in [0.2, 0.25) is 10.0 Å². The number of hydrogen-bond acceptors (Lipinski definition) is 3. The lowest BCUT2D eigenvalue weighted by Crippen LogP contribution is -2.46. The third kappa shape index (κ3) is 6.88. The lowest BCUT2D eigenvalue weighted by Gasteiger charge is -2.24. The summed E-state index contributed by atoms with van der Waals surface area (Å²) >= 11 is 0. The van der Waals surface area contributed by atoms with Gasteiger partial charge >= 0.3 is 0 Å². The first kappa shape index (κ1) is 18.7. The Hall–Kier alpha value is -1.60. The highest BCUT2D eigenvalue weighted by atomic mass is 32.2. The lowest BCUT2D eigenvalue weighted by atomic mass is 9.96. The SMILES string of the molecule is CN=C(NCCS(=O)(=O)NCc1ccccc1)NC1CCCCC1. The predicted molar refractivity (Wildman–Crippen MR) is 98.4 cm³/mol. The van der Waals surface area contributed by atoms with Gasteiger partial charge < -0.3 is 10.6 Å². The molecule has 6 nitrogen and oxygen atoms in total. The molecule has 1 aliphatic carbocycles. The van der Waals surface area contributed by atoms with Crippen LogP contribution >= 0.6 is 0 Å². The van der Waals surface area contributed by atoms with Crippen LogP contribution in [0.4, 0.5) is 0 Å². The van der Waals surface area contributed by atoms with Crippen molar-refractivity contribution >= 4 is 16.0 Å². The fraction of sp³-hybridized carbons (Fsp3) is 0.588. The van der Waals surface area contributed by atoms with Gasteiger partial charge in [-0.3, -0.25) is 4.99 Å². The van der Waals surface area contributed by atoms with Crippen molar-refractivity contribution in [2.24, 2.45) is 4.99 Å². The summed E-state index contributed by atoms with van der Waals surface area (Å²) in [6.07, 6.45) is 6.09. The Labute approximate surface area is 145 Å². The number of sulfonamides is 1. The van der Waals surface area contributed by atoms with Gasteiger partial charge in [0.15, 0.2) is 5.96 Å². The van der Waals surface area contributed by atoms with E-state index in [0.717, 1.165) is 18.4 Å². The molecule has 3 N–H and O–H groups in total. The van der Waals surface area contributed by atoms with Crippen LogP contribution in [0, 0.1) is 0 Å². The number of benzene rings is 1. The Kier molecular flexibility index (Phi) is 7.52. The fourth-order valence-corrected chi connectivity index (χ4v) is 3.70. The van der Waals surface area contributed by atoms with Crippen molar-refractivity contribution in [3.63, 3.8) is 0 Å². The highest BCUT2D eigenvalue weighted by molar-refractivity contribution is 7.89. The first-order chi connectivity index (χ1) is 11.6. The highest BCUT2D eigenvalue weighted by Crippen LogP contribution is 2.17. The van der Waals surface area contributed by atoms with E-state index in [1.165, 1.54) is 19.3 Å². The molecule has 0 amide bonds. The maximum absolute atomic E-state index is 12.1. The van der Waals surface area contributed by atoms with E-state index in [1.807, 2.05) is 30.3 Å². The zero-order chi connectivity index (χ0) is 17.3. The quantitative estimate of drug-likeness (QED) is 0.514. The van der Waals surface area contributed by atoms with E-state index in [9.17, 15) is 8.42 Å². The van der Waals surface area contributed by atoms with Crippen molar-refractivity contribution < 1.29 is 8.42 Å². The van der Waals surface area contributed by atoms with Gasteiger partial charge in [-0.25, -0.2) is 13.1 Å². The molecule has 0 saturated heterocycles. The minimum Gasteiger partial charge on any atom is -0.355 e. The summed E-state index contributed by atoms with van der Waals surface area (Å²) in [4.78, 5) is 4.17. The number of nitrogens with zero attached hydrogens (tertiary/aromatic N) is 1. The van der Waals surface area contributed by atoms with Crippen molar-refractivity contribution in [1.29, 1.82) is 0 Å². The van der Waals surface area contributed by atoms with E-state index >= 15 is 0 Å². The Morgan fingerprint density at radius 3 is 2.54 bits per heavy atom. The van der Waals surface area contributed by atoms with Crippen LogP contribution in [0.2, 0.25) is 0 Å². The first-order valence-electron chi connectivity index (χ1n) is 8.57. The standard InChI is InChI=1S/C17H28N4O2S/c1-18-17(21-16-10-6-3-7-11-16)19-12-13-24(22,23)20-14-15-8-4-2-5-9-15/h2,4-5,8-9,16,20H,3,6-7,10-14H2,1H3,(H2,18,19,21). The highest BCUT2D eigenvalue weighted by Gasteiger charge is 2.15. The minimum absolute atomic E-state index is 0.0190. The summed E-state index contributed by atoms with van der Waals surface area (Å²) < 4.78 is 26.7. The summed E-state index contributed by atoms with van der Waals surface area (Å²) in [5, 5.41) is 6.46. The predicted octanol–water partition coefficient (Wildman–Crippen LogP) is 1.60. The number of guanidine groups is 1. The van der Waals surface area contributed by atoms with Crippen LogP contribution in [0.5, 0.6) is 0 Å². The molecule has 2 rings (SSSR count). The maximum Gasteiger partial charge on any atom is 0.213 e. The van der Waals surface area contributed by atoms with E-state index < -0.39 is 10.0 Å². The van der Waals surface area contributed by atoms with Gasteiger partial charge in [0, 0.05) is 26.2 Å². The van der Waals surface area contributed by atoms with Gasteiger partial charge in [0.1, 0.15) is 0 Å². The van der Waals surface area contributed by atoms with Crippen LogP contribution < -0.4 is 15.4 Å². The van der Waals surface area contributed by atoms with Gasteiger partial charge in [-0.2, -0.15) is 0 Å². The second kappa shape index (κ2) is 9.64. The molecule has 1 saturated carbocycles. The lowest BCUT2D eigenvalue weighted by molar-refractivity contribution is 0.410. The molecule has 0 bridgehead atoms. The number of hydrogen-bond donors (Lipinski definition) is 3. The van der Waals surface area contributed by atoms with Crippen molar-refractivity contribution in [1.82, 2.24) is 15.4 Å². The molecule has 0 radical (unpaired) electrons. The zero-order valence-electron chi connectivity index (χ0n) is 14.3. The van der Waals surface area contributed by atoms with Gasteiger partial charge in [-0.1, -0.05) is 49.6 Å². The number of nitrogens with one attached hydrogen (secondary N) is 3. The third-order valence-corrected chi connectivity index (χ3v) is 5.50. The topological polar surface area (TPSA) is 82.6 Å². The molecule has 0 heterocycles. The van der Waals surface area contributed by atoms with Crippen molar-refractivity contribution in [2.75, 3.05) is 19.3 Å². The summed E-state index contributed by atoms with van der Waals surface area (Å²) in [7, 11) is -1.60. The van der Waals surface area contributed by atoms with Crippen molar-refractivity contribution in [2.45, 2.75) is 44.7 Å². The van der Waals surface area contributed by atoms with Crippen LogP contribution in [-0.4, -0.2) is 39.8 Å². The van der Waals surface area contributed by atoms with Gasteiger partial charge in [-0.15, -0.1) is 0 Å². The van der Waals surface area contributed by atoms with E-state index in [-0.39, 0.29) is 5.75 Å². The molecule has 0 aromatic heterocycles. The zero-order valence-corrected chi connectivity index (χ0v) is 15.1. The Morgan fingerprint density at radius 1 is 1.17 bits per heavy atom. The molecular weight excluding hydrogens is 324 g/mol. The van der Waals surface area contributed by atoms with Crippen molar-refractivity contribution in [3.05, 3.63) is 35.9 Å². The van der Waals surface area contributed by atoms with E-state index in [2.05, 4.69) is 20.3 Å². The normalized spacial score (nSPS) is 16.8. The van der Waals surface area contributed by atoms with E-state index in [0.29, 0.717) is 25.1 Å². The smallest absolute Gasteiger partial charge is 0.213 e. The molecule has 0 spiro atoms. The Bertz CT molecular complexity index is 611. The molecule has 24 heavy (non-hydrogen) atoms. The Morgan fingerprint density at radius 2 is 1.88 bits per heavy atom. The van der Waals surface area contributed by atoms with Gasteiger partial charge in [-0.05, 0) is 18.4 Å². The second-order valence-electron chi connectivity index (χ2n) is 6.10. The molecule has 1 aliphatic rings. The molecule has 7 heteroatoms. The molecule has 134 valence electrons. The number of aliphatic imine (C=N–C) groups is 1.